The zero-order chi connectivity index (χ0) is 23.3. The largest absolute Gasteiger partial charge is 0.364 e. The van der Waals surface area contributed by atoms with Crippen molar-refractivity contribution in [1.29, 1.82) is 5.26 Å². The van der Waals surface area contributed by atoms with Gasteiger partial charge in [-0.25, -0.2) is 0 Å². The van der Waals surface area contributed by atoms with Crippen LogP contribution in [0.5, 0.6) is 0 Å². The van der Waals surface area contributed by atoms with Crippen LogP contribution in [-0.4, -0.2) is 41.9 Å². The number of nitrogens with one attached hydrogen (secondary N) is 2. The molecule has 0 aliphatic carbocycles. The van der Waals surface area contributed by atoms with Gasteiger partial charge in [0, 0.05) is 12.1 Å². The maximum absolute atomic E-state index is 12.6. The summed E-state index contributed by atoms with van der Waals surface area (Å²) < 4.78 is 4.56. The number of aromatic nitrogens is 1. The highest BCUT2D eigenvalue weighted by molar-refractivity contribution is 7.11. The van der Waals surface area contributed by atoms with Crippen molar-refractivity contribution in [3.05, 3.63) is 47.7 Å². The second kappa shape index (κ2) is 10.6. The molecule has 6 nitrogen and oxygen atoms in total. The van der Waals surface area contributed by atoms with Gasteiger partial charge in [-0.2, -0.15) is 9.64 Å². The lowest BCUT2D eigenvalue weighted by molar-refractivity contribution is -0.121. The Hall–Kier alpha value is -2.95. The highest BCUT2D eigenvalue weighted by Crippen LogP contribution is 2.37. The van der Waals surface area contributed by atoms with E-state index in [4.69, 9.17) is 5.26 Å². The number of fused-ring (bicyclic) bond motifs is 1. The van der Waals surface area contributed by atoms with E-state index in [1.165, 1.54) is 27.9 Å². The number of carbonyl (C=O) groups is 1. The number of hydrogen-bond donors (Lipinski definition) is 2. The van der Waals surface area contributed by atoms with Gasteiger partial charge >= 0.3 is 0 Å². The summed E-state index contributed by atoms with van der Waals surface area (Å²) in [4.78, 5) is 14.8. The molecule has 0 fully saturated rings. The van der Waals surface area contributed by atoms with Crippen LogP contribution < -0.4 is 10.6 Å². The van der Waals surface area contributed by atoms with Crippen LogP contribution in [-0.2, 0) is 11.3 Å². The van der Waals surface area contributed by atoms with Crippen molar-refractivity contribution in [3.8, 4) is 17.2 Å². The second-order valence-corrected chi connectivity index (χ2v) is 9.58. The molecule has 0 saturated carbocycles. The van der Waals surface area contributed by atoms with Crippen LogP contribution in [0.25, 0.3) is 21.9 Å². The Balaban J connectivity index is 1.92. The van der Waals surface area contributed by atoms with E-state index in [1.54, 1.807) is 0 Å². The van der Waals surface area contributed by atoms with Gasteiger partial charge in [0.25, 0.3) is 0 Å². The molecule has 3 aromatic rings. The molecule has 1 atom stereocenters. The van der Waals surface area contributed by atoms with Crippen LogP contribution in [0.2, 0.25) is 0 Å². The fourth-order valence-corrected chi connectivity index (χ4v) is 4.70. The Morgan fingerprint density at radius 2 is 1.91 bits per heavy atom. The Kier molecular flexibility index (Phi) is 7.84. The van der Waals surface area contributed by atoms with Crippen molar-refractivity contribution in [2.45, 2.75) is 39.8 Å². The van der Waals surface area contributed by atoms with Gasteiger partial charge in [0.2, 0.25) is 5.91 Å². The van der Waals surface area contributed by atoms with E-state index in [0.717, 1.165) is 28.4 Å². The van der Waals surface area contributed by atoms with E-state index in [0.29, 0.717) is 12.3 Å². The maximum Gasteiger partial charge on any atom is 0.243 e. The summed E-state index contributed by atoms with van der Waals surface area (Å²) in [5.74, 6) is 0.166. The first-order valence-corrected chi connectivity index (χ1v) is 11.6. The molecule has 2 N–H and O–H groups in total. The number of anilines is 1. The Labute approximate surface area is 194 Å². The maximum atomic E-state index is 12.6. The number of benzene rings is 2. The van der Waals surface area contributed by atoms with Gasteiger partial charge in [-0.1, -0.05) is 38.1 Å². The van der Waals surface area contributed by atoms with Crippen LogP contribution in [0.3, 0.4) is 0 Å². The average molecular weight is 450 g/mol. The van der Waals surface area contributed by atoms with Gasteiger partial charge in [-0.3, -0.25) is 4.79 Å². The van der Waals surface area contributed by atoms with Crippen LogP contribution in [0.4, 0.5) is 5.00 Å². The van der Waals surface area contributed by atoms with Crippen LogP contribution in [0.1, 0.15) is 31.5 Å². The lowest BCUT2D eigenvalue weighted by atomic mass is 9.99. The molecule has 0 spiro atoms. The third-order valence-corrected chi connectivity index (χ3v) is 6.10. The minimum absolute atomic E-state index is 0.00414. The smallest absolute Gasteiger partial charge is 0.243 e. The van der Waals surface area contributed by atoms with E-state index in [9.17, 15) is 4.79 Å². The topological polar surface area (TPSA) is 81.0 Å². The Morgan fingerprint density at radius 3 is 2.59 bits per heavy atom. The summed E-state index contributed by atoms with van der Waals surface area (Å²) in [6.07, 6.45) is 0.667. The molecule has 0 saturated heterocycles. The molecule has 0 aliphatic rings. The van der Waals surface area contributed by atoms with Crippen molar-refractivity contribution in [2.75, 3.05) is 26.0 Å². The van der Waals surface area contributed by atoms with Crippen LogP contribution >= 0.6 is 11.5 Å². The molecule has 0 radical (unpaired) electrons. The standard InChI is InChI=1S/C25H31N5OS/c1-16(2)12-22(24(31)27-11-10-26)28-25-23(17(3)29-32-25)21-9-8-19-13-18(15-30(4)5)6-7-20(19)14-21/h6-9,13-14,16,22,28H,11-12,15H2,1-5H3,(H,27,31)/t22-/m0/s1. The highest BCUT2D eigenvalue weighted by atomic mass is 32.1. The summed E-state index contributed by atoms with van der Waals surface area (Å²) in [5.41, 5.74) is 4.32. The Morgan fingerprint density at radius 1 is 1.19 bits per heavy atom. The molecular weight excluding hydrogens is 418 g/mol. The zero-order valence-corrected chi connectivity index (χ0v) is 20.2. The molecule has 2 aromatic carbocycles. The fraction of sp³-hybridized carbons (Fsp3) is 0.400. The summed E-state index contributed by atoms with van der Waals surface area (Å²) >= 11 is 1.37. The Bertz CT molecular complexity index is 1130. The molecule has 168 valence electrons. The van der Waals surface area contributed by atoms with Gasteiger partial charge in [-0.15, -0.1) is 0 Å². The third-order valence-electron chi connectivity index (χ3n) is 5.23. The SMILES string of the molecule is Cc1nsc(N[C@@H](CC(C)C)C(=O)NCC#N)c1-c1ccc2cc(CN(C)C)ccc2c1. The zero-order valence-electron chi connectivity index (χ0n) is 19.4. The minimum atomic E-state index is -0.420. The number of amides is 1. The predicted molar refractivity (Wildman–Crippen MR) is 133 cm³/mol. The summed E-state index contributed by atoms with van der Waals surface area (Å²) in [6, 6.07) is 14.6. The van der Waals surface area contributed by atoms with Crippen molar-refractivity contribution < 1.29 is 4.79 Å². The number of rotatable bonds is 9. The van der Waals surface area contributed by atoms with Crippen LogP contribution in [0.15, 0.2) is 36.4 Å². The molecule has 32 heavy (non-hydrogen) atoms. The number of nitrogens with zero attached hydrogens (tertiary/aromatic N) is 3. The molecule has 0 unspecified atom stereocenters. The summed E-state index contributed by atoms with van der Waals surface area (Å²) in [7, 11) is 4.14. The quantitative estimate of drug-likeness (QED) is 0.459. The number of carbonyl (C=O) groups excluding carboxylic acids is 1. The average Bonchev–Trinajstić information content (AvgIpc) is 3.10. The van der Waals surface area contributed by atoms with Gasteiger partial charge in [0.15, 0.2) is 0 Å². The third kappa shape index (κ3) is 5.84. The monoisotopic (exact) mass is 449 g/mol. The molecule has 0 bridgehead atoms. The normalized spacial score (nSPS) is 12.2. The fourth-order valence-electron chi connectivity index (χ4n) is 3.83. The first-order valence-electron chi connectivity index (χ1n) is 10.8. The lowest BCUT2D eigenvalue weighted by Crippen LogP contribution is -2.40. The van der Waals surface area contributed by atoms with E-state index in [-0.39, 0.29) is 12.5 Å². The highest BCUT2D eigenvalue weighted by Gasteiger charge is 2.23. The van der Waals surface area contributed by atoms with Crippen molar-refractivity contribution in [3.63, 3.8) is 0 Å². The predicted octanol–water partition coefficient (Wildman–Crippen LogP) is 4.80. The molecule has 7 heteroatoms. The van der Waals surface area contributed by atoms with Gasteiger partial charge in [-0.05, 0) is 78.9 Å². The molecule has 1 heterocycles. The first-order chi connectivity index (χ1) is 15.3. The number of aryl methyl sites for hydroxylation is 1. The van der Waals surface area contributed by atoms with E-state index in [2.05, 4.69) is 84.2 Å². The van der Waals surface area contributed by atoms with E-state index in [1.807, 2.05) is 13.0 Å². The molecule has 0 aliphatic heterocycles. The molecular formula is C25H31N5OS. The van der Waals surface area contributed by atoms with Crippen molar-refractivity contribution >= 4 is 33.2 Å². The minimum Gasteiger partial charge on any atom is -0.364 e. The van der Waals surface area contributed by atoms with Crippen LogP contribution in [0, 0.1) is 24.2 Å². The number of nitriles is 1. The van der Waals surface area contributed by atoms with Gasteiger partial charge < -0.3 is 15.5 Å². The first kappa shape index (κ1) is 23.7. The molecule has 3 rings (SSSR count). The second-order valence-electron chi connectivity index (χ2n) is 8.81. The number of hydrogen-bond acceptors (Lipinski definition) is 6. The molecule has 1 aromatic heterocycles. The summed E-state index contributed by atoms with van der Waals surface area (Å²) in [6.45, 7) is 7.07. The summed E-state index contributed by atoms with van der Waals surface area (Å²) in [5, 5.41) is 18.2. The van der Waals surface area contributed by atoms with Crippen molar-refractivity contribution in [2.24, 2.45) is 5.92 Å². The van der Waals surface area contributed by atoms with Gasteiger partial charge in [0.05, 0.1) is 11.8 Å². The molecule has 1 amide bonds. The van der Waals surface area contributed by atoms with E-state index < -0.39 is 6.04 Å². The van der Waals surface area contributed by atoms with E-state index >= 15 is 0 Å². The van der Waals surface area contributed by atoms with Gasteiger partial charge in [0.1, 0.15) is 17.6 Å². The lowest BCUT2D eigenvalue weighted by Gasteiger charge is -2.20. The van der Waals surface area contributed by atoms with Crippen molar-refractivity contribution in [1.82, 2.24) is 14.6 Å².